The van der Waals surface area contributed by atoms with E-state index < -0.39 is 5.97 Å². The summed E-state index contributed by atoms with van der Waals surface area (Å²) in [5.41, 5.74) is 0. The number of cyclic esters (lactones) is 1. The number of nitrogens with one attached hydrogen (secondary N) is 1. The summed E-state index contributed by atoms with van der Waals surface area (Å²) in [4.78, 5) is 34.5. The van der Waals surface area contributed by atoms with Crippen molar-refractivity contribution >= 4 is 18.3 Å². The van der Waals surface area contributed by atoms with Crippen LogP contribution in [0.1, 0.15) is 129 Å². The lowest BCUT2D eigenvalue weighted by Crippen LogP contribution is -2.47. The molecule has 6 heteroatoms. The zero-order valence-corrected chi connectivity index (χ0v) is 21.3. The molecule has 6 nitrogen and oxygen atoms in total. The summed E-state index contributed by atoms with van der Waals surface area (Å²) in [5.74, 6) is -0.599. The Hall–Kier alpha value is -1.59. The van der Waals surface area contributed by atoms with Crippen LogP contribution in [0.3, 0.4) is 0 Å². The van der Waals surface area contributed by atoms with Gasteiger partial charge < -0.3 is 14.8 Å². The Labute approximate surface area is 201 Å². The van der Waals surface area contributed by atoms with Crippen LogP contribution in [-0.2, 0) is 23.9 Å². The number of esters is 2. The maximum absolute atomic E-state index is 12.0. The molecule has 1 aliphatic heterocycles. The second-order valence-corrected chi connectivity index (χ2v) is 9.60. The fourth-order valence-corrected chi connectivity index (χ4v) is 4.58. The molecule has 0 saturated carbocycles. The third-order valence-electron chi connectivity index (χ3n) is 6.64. The molecule has 0 unspecified atom stereocenters. The van der Waals surface area contributed by atoms with Gasteiger partial charge in [-0.25, -0.2) is 0 Å². The van der Waals surface area contributed by atoms with Crippen molar-refractivity contribution in [3.8, 4) is 0 Å². The van der Waals surface area contributed by atoms with Crippen LogP contribution in [0, 0.1) is 5.92 Å². The highest BCUT2D eigenvalue weighted by Gasteiger charge is 2.43. The molecule has 33 heavy (non-hydrogen) atoms. The summed E-state index contributed by atoms with van der Waals surface area (Å²) < 4.78 is 11.0. The van der Waals surface area contributed by atoms with E-state index in [1.807, 2.05) is 0 Å². The van der Waals surface area contributed by atoms with Crippen molar-refractivity contribution < 1.29 is 23.9 Å². The van der Waals surface area contributed by atoms with Gasteiger partial charge in [-0.2, -0.15) is 0 Å². The van der Waals surface area contributed by atoms with Crippen LogP contribution in [0.4, 0.5) is 0 Å². The quantitative estimate of drug-likeness (QED) is 0.109. The molecule has 1 amide bonds. The van der Waals surface area contributed by atoms with E-state index in [2.05, 4.69) is 19.2 Å². The van der Waals surface area contributed by atoms with E-state index in [1.165, 1.54) is 77.0 Å². The van der Waals surface area contributed by atoms with Gasteiger partial charge in [0.1, 0.15) is 18.8 Å². The summed E-state index contributed by atoms with van der Waals surface area (Å²) in [7, 11) is 0. The van der Waals surface area contributed by atoms with E-state index in [-0.39, 0.29) is 30.6 Å². The number of rotatable bonds is 23. The van der Waals surface area contributed by atoms with Gasteiger partial charge >= 0.3 is 11.9 Å². The lowest BCUT2D eigenvalue weighted by atomic mass is 9.86. The van der Waals surface area contributed by atoms with Gasteiger partial charge in [-0.15, -0.1) is 0 Å². The van der Waals surface area contributed by atoms with Gasteiger partial charge in [0.2, 0.25) is 6.41 Å². The minimum absolute atomic E-state index is 0.0616. The third kappa shape index (κ3) is 14.3. The molecule has 0 aromatic heterocycles. The molecule has 0 aromatic carbocycles. The van der Waals surface area contributed by atoms with Crippen LogP contribution in [0.2, 0.25) is 0 Å². The van der Waals surface area contributed by atoms with Gasteiger partial charge in [0, 0.05) is 6.42 Å². The number of carbonyl (C=O) groups excluding carboxylic acids is 3. The highest BCUT2D eigenvalue weighted by molar-refractivity contribution is 5.78. The number of carbonyl (C=O) groups is 3. The Bertz CT molecular complexity index is 525. The second-order valence-electron chi connectivity index (χ2n) is 9.60. The predicted molar refractivity (Wildman–Crippen MR) is 132 cm³/mol. The SMILES string of the molecule is CCCCCCCCCCCC[C@H]1C(=O)O[C@@H]1C[C@H](CCCCCCC)OC(=O)CNC=O. The van der Waals surface area contributed by atoms with Crippen LogP contribution in [0.25, 0.3) is 0 Å². The normalized spacial score (nSPS) is 18.3. The molecule has 1 saturated heterocycles. The van der Waals surface area contributed by atoms with Crippen LogP contribution < -0.4 is 5.32 Å². The highest BCUT2D eigenvalue weighted by atomic mass is 16.6. The first-order valence-electron chi connectivity index (χ1n) is 13.7. The van der Waals surface area contributed by atoms with Crippen LogP contribution in [0.5, 0.6) is 0 Å². The zero-order chi connectivity index (χ0) is 24.2. The van der Waals surface area contributed by atoms with Crippen LogP contribution >= 0.6 is 0 Å². The first-order chi connectivity index (χ1) is 16.1. The van der Waals surface area contributed by atoms with Gasteiger partial charge in [-0.05, 0) is 19.3 Å². The maximum Gasteiger partial charge on any atom is 0.325 e. The molecule has 0 radical (unpaired) electrons. The maximum atomic E-state index is 12.0. The molecule has 0 spiro atoms. The minimum Gasteiger partial charge on any atom is -0.461 e. The monoisotopic (exact) mass is 467 g/mol. The molecule has 1 aliphatic rings. The average Bonchev–Trinajstić information content (AvgIpc) is 2.80. The molecular weight excluding hydrogens is 418 g/mol. The Morgan fingerprint density at radius 2 is 1.45 bits per heavy atom. The van der Waals surface area contributed by atoms with E-state index in [0.29, 0.717) is 12.8 Å². The highest BCUT2D eigenvalue weighted by Crippen LogP contribution is 2.32. The lowest BCUT2D eigenvalue weighted by Gasteiger charge is -2.37. The van der Waals surface area contributed by atoms with Crippen LogP contribution in [-0.4, -0.2) is 37.1 Å². The second kappa shape index (κ2) is 19.8. The first kappa shape index (κ1) is 29.4. The van der Waals surface area contributed by atoms with Crippen LogP contribution in [0.15, 0.2) is 0 Å². The summed E-state index contributed by atoms with van der Waals surface area (Å²) in [5, 5.41) is 2.36. The fourth-order valence-electron chi connectivity index (χ4n) is 4.58. The van der Waals surface area contributed by atoms with Gasteiger partial charge in [-0.3, -0.25) is 14.4 Å². The third-order valence-corrected chi connectivity index (χ3v) is 6.64. The topological polar surface area (TPSA) is 81.7 Å². The van der Waals surface area contributed by atoms with Gasteiger partial charge in [0.15, 0.2) is 0 Å². The first-order valence-corrected chi connectivity index (χ1v) is 13.7. The molecular formula is C27H49NO5. The molecule has 192 valence electrons. The number of hydrogen-bond donors (Lipinski definition) is 1. The summed E-state index contributed by atoms with van der Waals surface area (Å²) in [6, 6.07) is 0. The van der Waals surface area contributed by atoms with Crippen molar-refractivity contribution in [2.24, 2.45) is 5.92 Å². The van der Waals surface area contributed by atoms with Crippen molar-refractivity contribution in [1.29, 1.82) is 0 Å². The summed E-state index contributed by atoms with van der Waals surface area (Å²) in [6.07, 6.45) is 20.8. The minimum atomic E-state index is -0.433. The van der Waals surface area contributed by atoms with Crippen molar-refractivity contribution in [2.75, 3.05) is 6.54 Å². The molecule has 1 heterocycles. The molecule has 1 fully saturated rings. The molecule has 1 rings (SSSR count). The average molecular weight is 468 g/mol. The Balaban J connectivity index is 2.30. The smallest absolute Gasteiger partial charge is 0.325 e. The van der Waals surface area contributed by atoms with Gasteiger partial charge in [-0.1, -0.05) is 104 Å². The molecule has 0 aromatic rings. The van der Waals surface area contributed by atoms with E-state index in [1.54, 1.807) is 0 Å². The van der Waals surface area contributed by atoms with E-state index >= 15 is 0 Å². The standard InChI is InChI=1S/C27H49NO5/c1-3-5-7-9-10-11-12-13-15-17-19-24-25(33-27(24)31)20-23(18-16-14-8-6-4-2)32-26(30)21-28-22-29/h22-25H,3-21H2,1-2H3,(H,28,29)/t23-,24+,25+/m0/s1. The van der Waals surface area contributed by atoms with Gasteiger partial charge in [0.05, 0.1) is 5.92 Å². The Morgan fingerprint density at radius 1 is 0.909 bits per heavy atom. The van der Waals surface area contributed by atoms with Gasteiger partial charge in [0.25, 0.3) is 0 Å². The summed E-state index contributed by atoms with van der Waals surface area (Å²) >= 11 is 0. The lowest BCUT2D eigenvalue weighted by molar-refractivity contribution is -0.190. The van der Waals surface area contributed by atoms with E-state index in [0.717, 1.165) is 32.1 Å². The van der Waals surface area contributed by atoms with E-state index in [9.17, 15) is 14.4 Å². The number of ether oxygens (including phenoxy) is 2. The largest absolute Gasteiger partial charge is 0.461 e. The molecule has 0 aliphatic carbocycles. The van der Waals surface area contributed by atoms with Crippen molar-refractivity contribution in [2.45, 2.75) is 142 Å². The molecule has 0 bridgehead atoms. The number of unbranched alkanes of at least 4 members (excludes halogenated alkanes) is 13. The van der Waals surface area contributed by atoms with Crippen molar-refractivity contribution in [3.05, 3.63) is 0 Å². The Kier molecular flexibility index (Phi) is 17.7. The molecule has 1 N–H and O–H groups in total. The Morgan fingerprint density at radius 3 is 2.00 bits per heavy atom. The van der Waals surface area contributed by atoms with Crippen molar-refractivity contribution in [3.63, 3.8) is 0 Å². The van der Waals surface area contributed by atoms with Crippen molar-refractivity contribution in [1.82, 2.24) is 5.32 Å². The zero-order valence-electron chi connectivity index (χ0n) is 21.3. The number of hydrogen-bond acceptors (Lipinski definition) is 5. The summed E-state index contributed by atoms with van der Waals surface area (Å²) in [6.45, 7) is 4.31. The number of amides is 1. The van der Waals surface area contributed by atoms with E-state index in [4.69, 9.17) is 9.47 Å². The fraction of sp³-hybridized carbons (Fsp3) is 0.889. The predicted octanol–water partition coefficient (Wildman–Crippen LogP) is 6.25. The molecule has 3 atom stereocenters.